The molecule has 1 aromatic heterocycles. The first-order valence-corrected chi connectivity index (χ1v) is 11.5. The van der Waals surface area contributed by atoms with Crippen molar-refractivity contribution in [1.82, 2.24) is 14.9 Å². The lowest BCUT2D eigenvalue weighted by molar-refractivity contribution is -0.118. The number of hydrogen-bond donors (Lipinski definition) is 1. The van der Waals surface area contributed by atoms with Gasteiger partial charge in [0.2, 0.25) is 5.91 Å². The minimum atomic E-state index is -0.136. The summed E-state index contributed by atoms with van der Waals surface area (Å²) >= 11 is 1.28. The van der Waals surface area contributed by atoms with Gasteiger partial charge in [0.25, 0.3) is 5.56 Å². The molecule has 0 saturated carbocycles. The number of methoxy groups -OCH3 is 2. The normalized spacial score (nSPS) is 11.0. The number of nitrogens with zero attached hydrogens (tertiary/aromatic N) is 2. The summed E-state index contributed by atoms with van der Waals surface area (Å²) in [6.45, 7) is 5.18. The summed E-state index contributed by atoms with van der Waals surface area (Å²) < 4.78 is 12.2. The third-order valence-electron chi connectivity index (χ3n) is 5.03. The van der Waals surface area contributed by atoms with Crippen LogP contribution in [0.5, 0.6) is 11.5 Å². The summed E-state index contributed by atoms with van der Waals surface area (Å²) in [4.78, 5) is 30.2. The van der Waals surface area contributed by atoms with Gasteiger partial charge < -0.3 is 14.8 Å². The first-order chi connectivity index (χ1) is 15.4. The lowest BCUT2D eigenvalue weighted by atomic mass is 10.1. The maximum absolute atomic E-state index is 13.0. The van der Waals surface area contributed by atoms with Crippen LogP contribution in [0.4, 0.5) is 0 Å². The molecule has 1 heterocycles. The standard InChI is InChI=1S/C24H29N3O4S/c1-16(2)11-12-27-23(29)18-7-5-6-8-19(18)26-24(27)32-15-22(28)25-14-17-9-10-20(30-3)21(13-17)31-4/h5-10,13,16H,11-12,14-15H2,1-4H3,(H,25,28). The quantitative estimate of drug-likeness (QED) is 0.369. The minimum absolute atomic E-state index is 0.0653. The van der Waals surface area contributed by atoms with Crippen LogP contribution >= 0.6 is 11.8 Å². The van der Waals surface area contributed by atoms with Gasteiger partial charge in [-0.3, -0.25) is 14.2 Å². The number of rotatable bonds is 10. The Labute approximate surface area is 192 Å². The van der Waals surface area contributed by atoms with Gasteiger partial charge in [0.15, 0.2) is 16.7 Å². The van der Waals surface area contributed by atoms with Crippen molar-refractivity contribution in [2.45, 2.75) is 38.5 Å². The molecule has 0 saturated heterocycles. The lowest BCUT2D eigenvalue weighted by Gasteiger charge is -2.14. The zero-order chi connectivity index (χ0) is 23.1. The molecule has 0 aliphatic carbocycles. The summed E-state index contributed by atoms with van der Waals surface area (Å²) in [6, 6.07) is 12.8. The molecule has 0 bridgehead atoms. The minimum Gasteiger partial charge on any atom is -0.493 e. The van der Waals surface area contributed by atoms with Crippen LogP contribution < -0.4 is 20.3 Å². The summed E-state index contributed by atoms with van der Waals surface area (Å²) in [5.41, 5.74) is 1.48. The van der Waals surface area contributed by atoms with E-state index in [-0.39, 0.29) is 17.2 Å². The van der Waals surface area contributed by atoms with Gasteiger partial charge >= 0.3 is 0 Å². The second-order valence-electron chi connectivity index (χ2n) is 7.81. The lowest BCUT2D eigenvalue weighted by Crippen LogP contribution is -2.27. The summed E-state index contributed by atoms with van der Waals surface area (Å²) in [5, 5.41) is 4.07. The van der Waals surface area contributed by atoms with Crippen molar-refractivity contribution in [2.75, 3.05) is 20.0 Å². The van der Waals surface area contributed by atoms with E-state index in [0.29, 0.717) is 46.6 Å². The number of ether oxygens (including phenoxy) is 2. The average Bonchev–Trinajstić information content (AvgIpc) is 2.80. The number of para-hydroxylation sites is 1. The van der Waals surface area contributed by atoms with Crippen LogP contribution in [-0.2, 0) is 17.9 Å². The highest BCUT2D eigenvalue weighted by Crippen LogP contribution is 2.27. The molecule has 3 aromatic rings. The summed E-state index contributed by atoms with van der Waals surface area (Å²) in [7, 11) is 3.16. The maximum atomic E-state index is 13.0. The zero-order valence-electron chi connectivity index (χ0n) is 18.9. The number of amides is 1. The molecule has 0 aliphatic rings. The van der Waals surface area contributed by atoms with Crippen LogP contribution in [-0.4, -0.2) is 35.4 Å². The summed E-state index contributed by atoms with van der Waals surface area (Å²) in [6.07, 6.45) is 0.860. The molecule has 32 heavy (non-hydrogen) atoms. The number of aromatic nitrogens is 2. The van der Waals surface area contributed by atoms with Crippen LogP contribution in [0.25, 0.3) is 10.9 Å². The molecule has 0 aliphatic heterocycles. The highest BCUT2D eigenvalue weighted by molar-refractivity contribution is 7.99. The van der Waals surface area contributed by atoms with Crippen molar-refractivity contribution in [1.29, 1.82) is 0 Å². The van der Waals surface area contributed by atoms with E-state index in [1.54, 1.807) is 24.9 Å². The number of fused-ring (bicyclic) bond motifs is 1. The van der Waals surface area contributed by atoms with Gasteiger partial charge in [-0.2, -0.15) is 0 Å². The fourth-order valence-electron chi connectivity index (χ4n) is 3.21. The SMILES string of the molecule is COc1ccc(CNC(=O)CSc2nc3ccccc3c(=O)n2CCC(C)C)cc1OC. The van der Waals surface area contributed by atoms with E-state index in [9.17, 15) is 9.59 Å². The van der Waals surface area contributed by atoms with Gasteiger partial charge in [-0.15, -0.1) is 0 Å². The number of benzene rings is 2. The molecule has 2 aromatic carbocycles. The fourth-order valence-corrected chi connectivity index (χ4v) is 4.07. The third-order valence-corrected chi connectivity index (χ3v) is 6.00. The number of carbonyl (C=O) groups is 1. The van der Waals surface area contributed by atoms with E-state index in [0.717, 1.165) is 12.0 Å². The molecule has 3 rings (SSSR count). The van der Waals surface area contributed by atoms with Gasteiger partial charge in [0, 0.05) is 13.1 Å². The van der Waals surface area contributed by atoms with Crippen LogP contribution in [0.1, 0.15) is 25.8 Å². The summed E-state index contributed by atoms with van der Waals surface area (Å²) in [5.74, 6) is 1.74. The number of carbonyl (C=O) groups excluding carboxylic acids is 1. The highest BCUT2D eigenvalue weighted by Gasteiger charge is 2.14. The van der Waals surface area contributed by atoms with E-state index in [1.807, 2.05) is 36.4 Å². The van der Waals surface area contributed by atoms with Crippen molar-refractivity contribution >= 4 is 28.6 Å². The topological polar surface area (TPSA) is 82.5 Å². The first kappa shape index (κ1) is 23.7. The highest BCUT2D eigenvalue weighted by atomic mass is 32.2. The second-order valence-corrected chi connectivity index (χ2v) is 8.75. The molecule has 0 fully saturated rings. The van der Waals surface area contributed by atoms with Crippen molar-refractivity contribution in [3.05, 3.63) is 58.4 Å². The predicted octanol–water partition coefficient (Wildman–Crippen LogP) is 3.87. The smallest absolute Gasteiger partial charge is 0.262 e. The van der Waals surface area contributed by atoms with Crippen molar-refractivity contribution in [3.8, 4) is 11.5 Å². The van der Waals surface area contributed by atoms with E-state index < -0.39 is 0 Å². The van der Waals surface area contributed by atoms with Gasteiger partial charge in [-0.1, -0.05) is 43.8 Å². The van der Waals surface area contributed by atoms with E-state index in [1.165, 1.54) is 11.8 Å². The van der Waals surface area contributed by atoms with Crippen molar-refractivity contribution in [3.63, 3.8) is 0 Å². The molecular formula is C24H29N3O4S. The van der Waals surface area contributed by atoms with Gasteiger partial charge in [0.05, 0.1) is 30.9 Å². The average molecular weight is 456 g/mol. The van der Waals surface area contributed by atoms with Gasteiger partial charge in [0.1, 0.15) is 0 Å². The Morgan fingerprint density at radius 1 is 1.12 bits per heavy atom. The largest absolute Gasteiger partial charge is 0.493 e. The molecule has 0 radical (unpaired) electrons. The molecular weight excluding hydrogens is 426 g/mol. The number of nitrogens with one attached hydrogen (secondary N) is 1. The van der Waals surface area contributed by atoms with Crippen molar-refractivity contribution < 1.29 is 14.3 Å². The third kappa shape index (κ3) is 5.82. The zero-order valence-corrected chi connectivity index (χ0v) is 19.7. The molecule has 7 nitrogen and oxygen atoms in total. The molecule has 0 atom stereocenters. The maximum Gasteiger partial charge on any atom is 0.262 e. The van der Waals surface area contributed by atoms with E-state index >= 15 is 0 Å². The van der Waals surface area contributed by atoms with Gasteiger partial charge in [-0.25, -0.2) is 4.98 Å². The Morgan fingerprint density at radius 3 is 2.59 bits per heavy atom. The second kappa shape index (κ2) is 11.0. The van der Waals surface area contributed by atoms with Crippen molar-refractivity contribution in [2.24, 2.45) is 5.92 Å². The fraction of sp³-hybridized carbons (Fsp3) is 0.375. The predicted molar refractivity (Wildman–Crippen MR) is 128 cm³/mol. The molecule has 0 spiro atoms. The number of hydrogen-bond acceptors (Lipinski definition) is 6. The Morgan fingerprint density at radius 2 is 1.88 bits per heavy atom. The molecule has 1 N–H and O–H groups in total. The van der Waals surface area contributed by atoms with Crippen LogP contribution in [0.2, 0.25) is 0 Å². The Kier molecular flexibility index (Phi) is 8.16. The van der Waals surface area contributed by atoms with Crippen LogP contribution in [0.15, 0.2) is 52.4 Å². The van der Waals surface area contributed by atoms with Crippen LogP contribution in [0, 0.1) is 5.92 Å². The Bertz CT molecular complexity index is 1140. The molecule has 170 valence electrons. The molecule has 8 heteroatoms. The number of thioether (sulfide) groups is 1. The monoisotopic (exact) mass is 455 g/mol. The van der Waals surface area contributed by atoms with E-state index in [4.69, 9.17) is 9.47 Å². The molecule has 0 unspecified atom stereocenters. The Balaban J connectivity index is 1.70. The van der Waals surface area contributed by atoms with Crippen LogP contribution in [0.3, 0.4) is 0 Å². The first-order valence-electron chi connectivity index (χ1n) is 10.5. The Hall–Kier alpha value is -3.00. The van der Waals surface area contributed by atoms with Gasteiger partial charge in [-0.05, 0) is 42.2 Å². The van der Waals surface area contributed by atoms with E-state index in [2.05, 4.69) is 24.1 Å². The molecule has 1 amide bonds.